The molecule has 1 unspecified atom stereocenters. The molecule has 2 aliphatic heterocycles. The van der Waals surface area contributed by atoms with E-state index in [9.17, 15) is 0 Å². The molecule has 1 aliphatic carbocycles. The quantitative estimate of drug-likeness (QED) is 0.803. The summed E-state index contributed by atoms with van der Waals surface area (Å²) in [7, 11) is 0. The van der Waals surface area contributed by atoms with Gasteiger partial charge in [0.05, 0.1) is 0 Å². The highest BCUT2D eigenvalue weighted by atomic mass is 15.3. The van der Waals surface area contributed by atoms with Gasteiger partial charge >= 0.3 is 0 Å². The number of piperazine rings is 1. The first-order chi connectivity index (χ1) is 8.42. The van der Waals surface area contributed by atoms with Crippen LogP contribution in [0, 0.1) is 5.41 Å². The number of likely N-dealkylation sites (tertiary alicyclic amines) is 1. The van der Waals surface area contributed by atoms with Gasteiger partial charge in [0.1, 0.15) is 0 Å². The number of nitrogens with zero attached hydrogens (tertiary/aromatic N) is 2. The van der Waals surface area contributed by atoms with Crippen molar-refractivity contribution >= 4 is 0 Å². The molecule has 0 radical (unpaired) electrons. The minimum Gasteiger partial charge on any atom is -0.314 e. The molecule has 3 aliphatic rings. The topological polar surface area (TPSA) is 18.5 Å². The van der Waals surface area contributed by atoms with Gasteiger partial charge in [-0.3, -0.25) is 4.90 Å². The molecule has 3 nitrogen and oxygen atoms in total. The summed E-state index contributed by atoms with van der Waals surface area (Å²) >= 11 is 0. The third kappa shape index (κ3) is 2.10. The molecule has 2 heterocycles. The van der Waals surface area contributed by atoms with Crippen molar-refractivity contribution in [1.82, 2.24) is 15.1 Å². The first kappa shape index (κ1) is 12.9. The number of piperidine rings is 1. The SMILES string of the molecule is C[C@@H]1C[C@@]2(CN3CCNCC3)CC2N1C(C)(C)C. The summed E-state index contributed by atoms with van der Waals surface area (Å²) in [5.74, 6) is 0. The van der Waals surface area contributed by atoms with E-state index >= 15 is 0 Å². The van der Waals surface area contributed by atoms with Gasteiger partial charge in [-0.15, -0.1) is 0 Å². The molecular weight excluding hydrogens is 222 g/mol. The van der Waals surface area contributed by atoms with Crippen LogP contribution in [0.3, 0.4) is 0 Å². The van der Waals surface area contributed by atoms with Gasteiger partial charge in [-0.25, -0.2) is 0 Å². The highest BCUT2D eigenvalue weighted by Crippen LogP contribution is 2.61. The van der Waals surface area contributed by atoms with Crippen molar-refractivity contribution in [3.63, 3.8) is 0 Å². The van der Waals surface area contributed by atoms with Gasteiger partial charge < -0.3 is 10.2 Å². The second kappa shape index (κ2) is 4.19. The number of hydrogen-bond donors (Lipinski definition) is 1. The summed E-state index contributed by atoms with van der Waals surface area (Å²) in [5.41, 5.74) is 0.982. The Morgan fingerprint density at radius 1 is 1.17 bits per heavy atom. The molecule has 1 saturated carbocycles. The fourth-order valence-corrected chi connectivity index (χ4v) is 4.61. The fourth-order valence-electron chi connectivity index (χ4n) is 4.61. The summed E-state index contributed by atoms with van der Waals surface area (Å²) in [5, 5.41) is 3.46. The van der Waals surface area contributed by atoms with Crippen LogP contribution in [0.4, 0.5) is 0 Å². The van der Waals surface area contributed by atoms with Crippen LogP contribution in [0.15, 0.2) is 0 Å². The molecule has 3 heteroatoms. The fraction of sp³-hybridized carbons (Fsp3) is 1.00. The van der Waals surface area contributed by atoms with Gasteiger partial charge in [-0.05, 0) is 40.5 Å². The lowest BCUT2D eigenvalue weighted by Crippen LogP contribution is -2.46. The molecule has 3 atom stereocenters. The molecule has 104 valence electrons. The predicted molar refractivity (Wildman–Crippen MR) is 75.8 cm³/mol. The number of fused-ring (bicyclic) bond motifs is 1. The lowest BCUT2D eigenvalue weighted by Gasteiger charge is -2.37. The van der Waals surface area contributed by atoms with Crippen molar-refractivity contribution < 1.29 is 0 Å². The minimum atomic E-state index is 0.339. The normalized spacial score (nSPS) is 42.0. The first-order valence-corrected chi connectivity index (χ1v) is 7.64. The van der Waals surface area contributed by atoms with Crippen molar-refractivity contribution in [3.8, 4) is 0 Å². The van der Waals surface area contributed by atoms with E-state index in [1.54, 1.807) is 0 Å². The molecule has 0 aromatic heterocycles. The Bertz CT molecular complexity index is 316. The van der Waals surface area contributed by atoms with Gasteiger partial charge in [-0.2, -0.15) is 0 Å². The van der Waals surface area contributed by atoms with Crippen molar-refractivity contribution in [2.24, 2.45) is 5.41 Å². The summed E-state index contributed by atoms with van der Waals surface area (Å²) in [6.45, 7) is 15.8. The zero-order chi connectivity index (χ0) is 13.0. The average Bonchev–Trinajstić information content (AvgIpc) is 2.82. The van der Waals surface area contributed by atoms with Crippen molar-refractivity contribution in [1.29, 1.82) is 0 Å². The van der Waals surface area contributed by atoms with Crippen molar-refractivity contribution in [3.05, 3.63) is 0 Å². The number of nitrogens with one attached hydrogen (secondary N) is 1. The zero-order valence-corrected chi connectivity index (χ0v) is 12.5. The largest absolute Gasteiger partial charge is 0.314 e. The Balaban J connectivity index is 1.65. The van der Waals surface area contributed by atoms with Gasteiger partial charge in [0.25, 0.3) is 0 Å². The molecule has 3 rings (SSSR count). The molecule has 18 heavy (non-hydrogen) atoms. The van der Waals surface area contributed by atoms with Crippen LogP contribution in [0.25, 0.3) is 0 Å². The summed E-state index contributed by atoms with van der Waals surface area (Å²) in [4.78, 5) is 5.48. The monoisotopic (exact) mass is 251 g/mol. The van der Waals surface area contributed by atoms with E-state index in [2.05, 4.69) is 42.8 Å². The first-order valence-electron chi connectivity index (χ1n) is 7.64. The molecule has 0 aromatic rings. The van der Waals surface area contributed by atoms with Crippen LogP contribution < -0.4 is 5.32 Å². The van der Waals surface area contributed by atoms with Crippen LogP contribution in [0.5, 0.6) is 0 Å². The maximum Gasteiger partial charge on any atom is 0.0179 e. The third-order valence-electron chi connectivity index (χ3n) is 5.18. The lowest BCUT2D eigenvalue weighted by molar-refractivity contribution is 0.104. The van der Waals surface area contributed by atoms with E-state index in [1.165, 1.54) is 45.6 Å². The second-order valence-corrected chi connectivity index (χ2v) is 7.74. The molecule has 0 amide bonds. The predicted octanol–water partition coefficient (Wildman–Crippen LogP) is 1.54. The van der Waals surface area contributed by atoms with Crippen LogP contribution >= 0.6 is 0 Å². The van der Waals surface area contributed by atoms with Crippen LogP contribution in [0.1, 0.15) is 40.5 Å². The van der Waals surface area contributed by atoms with E-state index in [1.807, 2.05) is 0 Å². The summed E-state index contributed by atoms with van der Waals surface area (Å²) in [6.07, 6.45) is 2.86. The van der Waals surface area contributed by atoms with E-state index in [-0.39, 0.29) is 0 Å². The van der Waals surface area contributed by atoms with Gasteiger partial charge in [-0.1, -0.05) is 0 Å². The van der Waals surface area contributed by atoms with Gasteiger partial charge in [0.15, 0.2) is 0 Å². The second-order valence-electron chi connectivity index (χ2n) is 7.74. The number of hydrogen-bond acceptors (Lipinski definition) is 3. The van der Waals surface area contributed by atoms with Gasteiger partial charge in [0, 0.05) is 55.8 Å². The molecule has 1 N–H and O–H groups in total. The molecule has 2 saturated heterocycles. The standard InChI is InChI=1S/C15H29N3/c1-12-9-15(11-17-7-5-16-6-8-17)10-13(15)18(12)14(2,3)4/h12-13,16H,5-11H2,1-4H3/t12-,13?,15+/m1/s1. The van der Waals surface area contributed by atoms with Crippen LogP contribution in [0.2, 0.25) is 0 Å². The van der Waals surface area contributed by atoms with Gasteiger partial charge in [0.2, 0.25) is 0 Å². The Kier molecular flexibility index (Phi) is 3.00. The molecule has 3 fully saturated rings. The Hall–Kier alpha value is -0.120. The maximum absolute atomic E-state index is 3.46. The van der Waals surface area contributed by atoms with E-state index in [4.69, 9.17) is 0 Å². The maximum atomic E-state index is 3.46. The Morgan fingerprint density at radius 3 is 2.39 bits per heavy atom. The molecule has 0 bridgehead atoms. The smallest absolute Gasteiger partial charge is 0.0179 e. The molecular formula is C15H29N3. The summed E-state index contributed by atoms with van der Waals surface area (Å²) in [6, 6.07) is 1.63. The molecule has 0 spiro atoms. The zero-order valence-electron chi connectivity index (χ0n) is 12.5. The molecule has 0 aromatic carbocycles. The minimum absolute atomic E-state index is 0.339. The third-order valence-corrected chi connectivity index (χ3v) is 5.18. The van der Waals surface area contributed by atoms with Crippen LogP contribution in [-0.4, -0.2) is 60.1 Å². The van der Waals surface area contributed by atoms with E-state index in [0.717, 1.165) is 12.1 Å². The Morgan fingerprint density at radius 2 is 1.83 bits per heavy atom. The van der Waals surface area contributed by atoms with E-state index in [0.29, 0.717) is 11.0 Å². The number of rotatable bonds is 2. The highest BCUT2D eigenvalue weighted by molar-refractivity contribution is 5.19. The Labute approximate surface area is 112 Å². The summed E-state index contributed by atoms with van der Waals surface area (Å²) < 4.78 is 0. The lowest BCUT2D eigenvalue weighted by atomic mass is 9.98. The highest BCUT2D eigenvalue weighted by Gasteiger charge is 2.65. The van der Waals surface area contributed by atoms with Crippen molar-refractivity contribution in [2.75, 3.05) is 32.7 Å². The average molecular weight is 251 g/mol. The van der Waals surface area contributed by atoms with Crippen LogP contribution in [-0.2, 0) is 0 Å². The van der Waals surface area contributed by atoms with Crippen molar-refractivity contribution in [2.45, 2.75) is 58.2 Å². The van der Waals surface area contributed by atoms with E-state index < -0.39 is 0 Å².